The van der Waals surface area contributed by atoms with Crippen LogP contribution in [0.4, 0.5) is 0 Å². The molecule has 0 saturated heterocycles. The van der Waals surface area contributed by atoms with Crippen LogP contribution in [0.25, 0.3) is 0 Å². The van der Waals surface area contributed by atoms with E-state index >= 15 is 0 Å². The predicted molar refractivity (Wildman–Crippen MR) is 83.6 cm³/mol. The Bertz CT molecular complexity index is 604. The van der Waals surface area contributed by atoms with E-state index in [1.807, 2.05) is 0 Å². The number of allylic oxidation sites excluding steroid dienone is 2. The van der Waals surface area contributed by atoms with Crippen LogP contribution in [0.3, 0.4) is 0 Å². The van der Waals surface area contributed by atoms with Crippen molar-refractivity contribution in [3.05, 3.63) is 41.0 Å². The van der Waals surface area contributed by atoms with Crippen LogP contribution in [-0.4, -0.2) is 18.3 Å². The van der Waals surface area contributed by atoms with E-state index in [1.165, 1.54) is 17.5 Å². The molecule has 2 fully saturated rings. The van der Waals surface area contributed by atoms with Gasteiger partial charge in [0.15, 0.2) is 0 Å². The lowest BCUT2D eigenvalue weighted by Gasteiger charge is -2.46. The van der Waals surface area contributed by atoms with Gasteiger partial charge in [0.05, 0.1) is 13.2 Å². The van der Waals surface area contributed by atoms with Crippen LogP contribution in [0.5, 0.6) is 5.75 Å². The summed E-state index contributed by atoms with van der Waals surface area (Å²) in [6.07, 6.45) is 7.81. The van der Waals surface area contributed by atoms with Crippen molar-refractivity contribution in [1.82, 2.24) is 0 Å². The van der Waals surface area contributed by atoms with E-state index in [4.69, 9.17) is 4.74 Å². The maximum absolute atomic E-state index is 10.4. The minimum Gasteiger partial charge on any atom is -0.497 e. The third-order valence-corrected chi connectivity index (χ3v) is 6.35. The fraction of sp³-hybridized carbons (Fsp3) is 0.579. The fourth-order valence-electron chi connectivity index (χ4n) is 5.04. The average Bonchev–Trinajstić information content (AvgIpc) is 2.82. The van der Waals surface area contributed by atoms with Gasteiger partial charge in [-0.3, -0.25) is 0 Å². The zero-order valence-corrected chi connectivity index (χ0v) is 12.9. The molecule has 0 radical (unpaired) electrons. The van der Waals surface area contributed by atoms with Gasteiger partial charge in [0.25, 0.3) is 0 Å². The maximum Gasteiger partial charge on any atom is 0.119 e. The van der Waals surface area contributed by atoms with Crippen molar-refractivity contribution in [1.29, 1.82) is 0 Å². The minimum absolute atomic E-state index is 0.110. The molecule has 0 bridgehead atoms. The highest BCUT2D eigenvalue weighted by Gasteiger charge is 2.51. The first-order valence-electron chi connectivity index (χ1n) is 8.18. The van der Waals surface area contributed by atoms with E-state index in [9.17, 15) is 5.11 Å². The smallest absolute Gasteiger partial charge is 0.119 e. The van der Waals surface area contributed by atoms with Gasteiger partial charge in [0.2, 0.25) is 0 Å². The number of benzene rings is 1. The predicted octanol–water partition coefficient (Wildman–Crippen LogP) is 3.83. The lowest BCUT2D eigenvalue weighted by Crippen LogP contribution is -2.39. The van der Waals surface area contributed by atoms with Crippen molar-refractivity contribution in [3.8, 4) is 5.75 Å². The Hall–Kier alpha value is -1.28. The normalized spacial score (nSPS) is 37.3. The lowest BCUT2D eigenvalue weighted by molar-refractivity contribution is 0.0267. The highest BCUT2D eigenvalue weighted by atomic mass is 16.5. The van der Waals surface area contributed by atoms with Gasteiger partial charge < -0.3 is 9.84 Å². The molecule has 0 heterocycles. The summed E-state index contributed by atoms with van der Waals surface area (Å²) in [6, 6.07) is 6.55. The van der Waals surface area contributed by atoms with Gasteiger partial charge in [-0.05, 0) is 61.3 Å². The number of ether oxygens (including phenoxy) is 1. The molecule has 1 N–H and O–H groups in total. The first-order chi connectivity index (χ1) is 10.1. The summed E-state index contributed by atoms with van der Waals surface area (Å²) >= 11 is 0. The number of methoxy groups -OCH3 is 1. The third kappa shape index (κ3) is 1.81. The Morgan fingerprint density at radius 1 is 1.24 bits per heavy atom. The molecular formula is C19H24O2. The molecule has 0 aliphatic heterocycles. The molecule has 2 saturated carbocycles. The van der Waals surface area contributed by atoms with Gasteiger partial charge in [0, 0.05) is 11.3 Å². The maximum atomic E-state index is 10.4. The largest absolute Gasteiger partial charge is 0.497 e. The summed E-state index contributed by atoms with van der Waals surface area (Å²) in [4.78, 5) is 0. The molecular weight excluding hydrogens is 260 g/mol. The zero-order chi connectivity index (χ0) is 14.6. The van der Waals surface area contributed by atoms with Gasteiger partial charge in [-0.1, -0.05) is 24.6 Å². The Balaban J connectivity index is 1.73. The van der Waals surface area contributed by atoms with Gasteiger partial charge in [-0.2, -0.15) is 0 Å². The molecule has 0 aromatic heterocycles. The highest BCUT2D eigenvalue weighted by molar-refractivity contribution is 5.47. The summed E-state index contributed by atoms with van der Waals surface area (Å²) < 4.78 is 5.36. The summed E-state index contributed by atoms with van der Waals surface area (Å²) in [7, 11) is 1.73. The number of fused-ring (bicyclic) bond motifs is 5. The van der Waals surface area contributed by atoms with Crippen LogP contribution < -0.4 is 4.74 Å². The third-order valence-electron chi connectivity index (χ3n) is 6.35. The van der Waals surface area contributed by atoms with E-state index in [2.05, 4.69) is 31.2 Å². The molecule has 1 aromatic carbocycles. The van der Waals surface area contributed by atoms with Crippen molar-refractivity contribution in [3.63, 3.8) is 0 Å². The van der Waals surface area contributed by atoms with Crippen LogP contribution in [0, 0.1) is 11.3 Å². The Kier molecular flexibility index (Phi) is 2.94. The molecule has 4 atom stereocenters. The molecule has 1 aromatic rings. The summed E-state index contributed by atoms with van der Waals surface area (Å²) in [6.45, 7) is 2.30. The van der Waals surface area contributed by atoms with Gasteiger partial charge in [-0.15, -0.1) is 0 Å². The van der Waals surface area contributed by atoms with Crippen molar-refractivity contribution in [2.24, 2.45) is 11.3 Å². The quantitative estimate of drug-likeness (QED) is 0.794. The number of aliphatic hydroxyl groups is 1. The van der Waals surface area contributed by atoms with Crippen LogP contribution in [0.1, 0.15) is 49.7 Å². The summed E-state index contributed by atoms with van der Waals surface area (Å²) in [5.74, 6) is 2.12. The molecule has 21 heavy (non-hydrogen) atoms. The average molecular weight is 284 g/mol. The topological polar surface area (TPSA) is 29.5 Å². The number of aliphatic hydroxyl groups excluding tert-OH is 1. The molecule has 3 aliphatic rings. The van der Waals surface area contributed by atoms with Crippen LogP contribution in [-0.2, 0) is 6.42 Å². The second kappa shape index (κ2) is 4.61. The first kappa shape index (κ1) is 13.4. The minimum atomic E-state index is -0.110. The Morgan fingerprint density at radius 2 is 2.10 bits per heavy atom. The second-order valence-electron chi connectivity index (χ2n) is 7.22. The van der Waals surface area contributed by atoms with Crippen molar-refractivity contribution < 1.29 is 9.84 Å². The van der Waals surface area contributed by atoms with E-state index in [1.54, 1.807) is 12.7 Å². The molecule has 0 spiro atoms. The molecule has 112 valence electrons. The zero-order valence-electron chi connectivity index (χ0n) is 12.9. The summed E-state index contributed by atoms with van der Waals surface area (Å²) in [5, 5.41) is 10.4. The van der Waals surface area contributed by atoms with Crippen LogP contribution in [0.15, 0.2) is 29.8 Å². The van der Waals surface area contributed by atoms with E-state index in [-0.39, 0.29) is 11.5 Å². The highest BCUT2D eigenvalue weighted by Crippen LogP contribution is 2.59. The van der Waals surface area contributed by atoms with E-state index in [0.717, 1.165) is 31.4 Å². The molecule has 4 rings (SSSR count). The molecule has 2 heteroatoms. The van der Waals surface area contributed by atoms with Crippen molar-refractivity contribution in [2.75, 3.05) is 7.11 Å². The van der Waals surface area contributed by atoms with E-state index in [0.29, 0.717) is 11.8 Å². The molecule has 2 nitrogen and oxygen atoms in total. The second-order valence-corrected chi connectivity index (χ2v) is 7.22. The number of hydrogen-bond donors (Lipinski definition) is 1. The number of rotatable bonds is 1. The fourth-order valence-corrected chi connectivity index (χ4v) is 5.04. The molecule has 0 amide bonds. The van der Waals surface area contributed by atoms with Gasteiger partial charge in [0.1, 0.15) is 5.75 Å². The lowest BCUT2D eigenvalue weighted by atomic mass is 9.59. The van der Waals surface area contributed by atoms with Crippen LogP contribution >= 0.6 is 0 Å². The molecule has 0 unspecified atom stereocenters. The van der Waals surface area contributed by atoms with E-state index < -0.39 is 0 Å². The molecule has 3 aliphatic carbocycles. The summed E-state index contributed by atoms with van der Waals surface area (Å²) in [5.41, 5.74) is 4.65. The SMILES string of the molecule is COc1ccc2c(c1)CC=C1[C@@H]2CC[C@]2(C)[C@@H](O)CC[C@@H]12. The standard InChI is InChI=1S/C19H24O2/c1-19-10-9-15-14-6-4-13(21-2)11-12(14)3-5-16(15)17(19)7-8-18(19)20/h4-6,11,15,17-18,20H,3,7-10H2,1-2H3/t15-,17+,18+,19+/m1/s1. The monoisotopic (exact) mass is 284 g/mol. The Morgan fingerprint density at radius 3 is 2.90 bits per heavy atom. The van der Waals surface area contributed by atoms with Gasteiger partial charge in [-0.25, -0.2) is 0 Å². The van der Waals surface area contributed by atoms with Crippen molar-refractivity contribution in [2.45, 2.75) is 51.0 Å². The first-order valence-corrected chi connectivity index (χ1v) is 8.18. The van der Waals surface area contributed by atoms with Crippen molar-refractivity contribution >= 4 is 0 Å². The van der Waals surface area contributed by atoms with Gasteiger partial charge >= 0.3 is 0 Å². The number of hydrogen-bond acceptors (Lipinski definition) is 2. The Labute approximate surface area is 126 Å². The van der Waals surface area contributed by atoms with Crippen LogP contribution in [0.2, 0.25) is 0 Å².